The molecule has 3 atom stereocenters. The number of hydrogen-bond donors (Lipinski definition) is 2. The summed E-state index contributed by atoms with van der Waals surface area (Å²) in [5.74, 6) is 0.627. The number of anilines is 1. The van der Waals surface area contributed by atoms with Gasteiger partial charge in [0, 0.05) is 31.5 Å². The summed E-state index contributed by atoms with van der Waals surface area (Å²) < 4.78 is 71.8. The van der Waals surface area contributed by atoms with Crippen LogP contribution < -0.4 is 10.6 Å². The number of halogens is 3. The van der Waals surface area contributed by atoms with E-state index in [1.807, 2.05) is 20.8 Å². The fraction of sp³-hybridized carbons (Fsp3) is 0.682. The monoisotopic (exact) mass is 518 g/mol. The highest BCUT2D eigenvalue weighted by Crippen LogP contribution is 2.34. The zero-order valence-corrected chi connectivity index (χ0v) is 21.4. The number of ether oxygens (including phenoxy) is 1. The standard InChI is InChI=1S/C22H33F3N6O3S/c1-6-18-20(28-14(3)15(4)34-18)26-11-13(2)19-17(22(23,24)25)12-27-21(30-19)29-16-7-9-31(10-8-16)35(5,32)33/h11-12,14-16,18H,6-10H2,1-5H3,(H,26,28)(H,27,29,30)/b13-11+. The predicted octanol–water partition coefficient (Wildman–Crippen LogP) is 3.27. The Hall–Kier alpha value is -2.25. The molecule has 2 aliphatic heterocycles. The molecule has 1 fully saturated rings. The Kier molecular flexibility index (Phi) is 8.43. The van der Waals surface area contributed by atoms with E-state index in [2.05, 4.69) is 25.6 Å². The molecule has 2 aliphatic rings. The molecule has 9 nitrogen and oxygen atoms in total. The Morgan fingerprint density at radius 2 is 1.94 bits per heavy atom. The normalized spacial score (nSPS) is 25.3. The van der Waals surface area contributed by atoms with Crippen molar-refractivity contribution in [3.63, 3.8) is 0 Å². The molecule has 1 saturated heterocycles. The van der Waals surface area contributed by atoms with Crippen LogP contribution in [0.25, 0.3) is 5.57 Å². The molecule has 3 rings (SSSR count). The maximum absolute atomic E-state index is 13.7. The number of alkyl halides is 3. The Labute approximate surface area is 204 Å². The molecule has 0 amide bonds. The summed E-state index contributed by atoms with van der Waals surface area (Å²) in [6.45, 7) is 7.99. The second-order valence-electron chi connectivity index (χ2n) is 9.00. The summed E-state index contributed by atoms with van der Waals surface area (Å²) in [4.78, 5) is 12.6. The van der Waals surface area contributed by atoms with Crippen LogP contribution in [0.3, 0.4) is 0 Å². The van der Waals surface area contributed by atoms with Gasteiger partial charge in [0.1, 0.15) is 11.9 Å². The second kappa shape index (κ2) is 10.8. The van der Waals surface area contributed by atoms with Crippen LogP contribution in [-0.2, 0) is 20.9 Å². The smallest absolute Gasteiger partial charge is 0.365 e. The lowest BCUT2D eigenvalue weighted by molar-refractivity contribution is -0.138. The number of sulfonamides is 1. The van der Waals surface area contributed by atoms with Gasteiger partial charge in [-0.2, -0.15) is 13.2 Å². The molecular weight excluding hydrogens is 485 g/mol. The second-order valence-corrected chi connectivity index (χ2v) is 11.0. The molecule has 13 heteroatoms. The number of aliphatic imine (C=N–C) groups is 1. The molecule has 0 bridgehead atoms. The van der Waals surface area contributed by atoms with Crippen LogP contribution >= 0.6 is 0 Å². The Bertz CT molecular complexity index is 1070. The van der Waals surface area contributed by atoms with Crippen molar-refractivity contribution in [2.24, 2.45) is 4.99 Å². The number of nitrogens with one attached hydrogen (secondary N) is 2. The van der Waals surface area contributed by atoms with Crippen LogP contribution in [-0.4, -0.2) is 72.2 Å². The molecule has 196 valence electrons. The van der Waals surface area contributed by atoms with Crippen molar-refractivity contribution in [2.45, 2.75) is 77.4 Å². The number of rotatable bonds is 6. The van der Waals surface area contributed by atoms with Crippen LogP contribution in [0.5, 0.6) is 0 Å². The largest absolute Gasteiger partial charge is 0.419 e. The molecule has 1 aromatic heterocycles. The van der Waals surface area contributed by atoms with Crippen molar-refractivity contribution in [3.05, 3.63) is 23.7 Å². The number of amidine groups is 1. The average molecular weight is 519 g/mol. The van der Waals surface area contributed by atoms with Gasteiger partial charge in [0.05, 0.1) is 29.7 Å². The average Bonchev–Trinajstić information content (AvgIpc) is 2.78. The highest BCUT2D eigenvalue weighted by molar-refractivity contribution is 7.88. The first-order valence-corrected chi connectivity index (χ1v) is 13.5. The predicted molar refractivity (Wildman–Crippen MR) is 128 cm³/mol. The summed E-state index contributed by atoms with van der Waals surface area (Å²) in [6.07, 6.45) is 0.0987. The number of piperidine rings is 1. The van der Waals surface area contributed by atoms with E-state index >= 15 is 0 Å². The van der Waals surface area contributed by atoms with Crippen LogP contribution in [0.2, 0.25) is 0 Å². The van der Waals surface area contributed by atoms with Crippen molar-refractivity contribution in [2.75, 3.05) is 24.7 Å². The molecule has 0 aliphatic carbocycles. The number of nitrogens with zero attached hydrogens (tertiary/aromatic N) is 4. The number of allylic oxidation sites excluding steroid dienone is 1. The topological polar surface area (TPSA) is 109 Å². The van der Waals surface area contributed by atoms with Gasteiger partial charge in [-0.05, 0) is 45.6 Å². The van der Waals surface area contributed by atoms with Crippen molar-refractivity contribution >= 4 is 27.4 Å². The van der Waals surface area contributed by atoms with Gasteiger partial charge in [0.25, 0.3) is 0 Å². The fourth-order valence-corrected chi connectivity index (χ4v) is 4.86. The lowest BCUT2D eigenvalue weighted by Gasteiger charge is -2.31. The number of hydrogen-bond acceptors (Lipinski definition) is 8. The van der Waals surface area contributed by atoms with Gasteiger partial charge in [0.15, 0.2) is 0 Å². The van der Waals surface area contributed by atoms with Crippen LogP contribution in [0, 0.1) is 0 Å². The number of aromatic nitrogens is 2. The Balaban J connectivity index is 1.81. The van der Waals surface area contributed by atoms with Crippen molar-refractivity contribution in [1.29, 1.82) is 0 Å². The molecule has 3 unspecified atom stereocenters. The minimum Gasteiger partial charge on any atom is -0.365 e. The minimum atomic E-state index is -4.63. The van der Waals surface area contributed by atoms with Gasteiger partial charge in [-0.15, -0.1) is 0 Å². The van der Waals surface area contributed by atoms with Gasteiger partial charge >= 0.3 is 6.18 Å². The van der Waals surface area contributed by atoms with Crippen LogP contribution in [0.4, 0.5) is 19.1 Å². The van der Waals surface area contributed by atoms with E-state index in [4.69, 9.17) is 4.74 Å². The molecule has 0 aromatic carbocycles. The maximum atomic E-state index is 13.7. The Morgan fingerprint density at radius 1 is 1.29 bits per heavy atom. The zero-order valence-electron chi connectivity index (χ0n) is 20.6. The quantitative estimate of drug-likeness (QED) is 0.595. The minimum absolute atomic E-state index is 0.0489. The van der Waals surface area contributed by atoms with E-state index in [9.17, 15) is 21.6 Å². The molecule has 35 heavy (non-hydrogen) atoms. The van der Waals surface area contributed by atoms with E-state index < -0.39 is 21.8 Å². The first-order chi connectivity index (χ1) is 16.3. The first-order valence-electron chi connectivity index (χ1n) is 11.6. The third-order valence-electron chi connectivity index (χ3n) is 6.24. The van der Waals surface area contributed by atoms with Gasteiger partial charge in [-0.25, -0.2) is 22.7 Å². The van der Waals surface area contributed by atoms with Crippen molar-refractivity contribution in [3.8, 4) is 0 Å². The molecular formula is C22H33F3N6O3S. The molecule has 2 N–H and O–H groups in total. The lowest BCUT2D eigenvalue weighted by Crippen LogP contribution is -2.44. The SMILES string of the molecule is CCC1OC(C)C(C)N=C1N/C=C(\C)c1nc(NC2CCN(S(C)(=O)=O)CC2)ncc1C(F)(F)F. The summed E-state index contributed by atoms with van der Waals surface area (Å²) in [5.41, 5.74) is -0.928. The van der Waals surface area contributed by atoms with Gasteiger partial charge in [0.2, 0.25) is 16.0 Å². The van der Waals surface area contributed by atoms with Gasteiger partial charge < -0.3 is 15.4 Å². The molecule has 0 spiro atoms. The zero-order chi connectivity index (χ0) is 26.0. The summed E-state index contributed by atoms with van der Waals surface area (Å²) >= 11 is 0. The van der Waals surface area contributed by atoms with Crippen molar-refractivity contribution in [1.82, 2.24) is 19.6 Å². The van der Waals surface area contributed by atoms with E-state index in [-0.39, 0.29) is 41.5 Å². The molecule has 0 radical (unpaired) electrons. The summed E-state index contributed by atoms with van der Waals surface area (Å²) in [7, 11) is -3.27. The van der Waals surface area contributed by atoms with E-state index in [1.165, 1.54) is 17.4 Å². The third kappa shape index (κ3) is 6.91. The van der Waals surface area contributed by atoms with Crippen LogP contribution in [0.15, 0.2) is 17.4 Å². The summed E-state index contributed by atoms with van der Waals surface area (Å²) in [5, 5.41) is 6.08. The summed E-state index contributed by atoms with van der Waals surface area (Å²) in [6, 6.07) is -0.230. The van der Waals surface area contributed by atoms with E-state index in [1.54, 1.807) is 0 Å². The van der Waals surface area contributed by atoms with Crippen LogP contribution in [0.1, 0.15) is 58.2 Å². The lowest BCUT2D eigenvalue weighted by atomic mass is 10.1. The van der Waals surface area contributed by atoms with Gasteiger partial charge in [-0.1, -0.05) is 6.92 Å². The third-order valence-corrected chi connectivity index (χ3v) is 7.54. The fourth-order valence-electron chi connectivity index (χ4n) is 3.99. The highest BCUT2D eigenvalue weighted by Gasteiger charge is 2.36. The molecule has 1 aromatic rings. The van der Waals surface area contributed by atoms with Crippen molar-refractivity contribution < 1.29 is 26.3 Å². The highest BCUT2D eigenvalue weighted by atomic mass is 32.2. The van der Waals surface area contributed by atoms with Gasteiger partial charge in [-0.3, -0.25) is 4.99 Å². The molecule has 0 saturated carbocycles. The van der Waals surface area contributed by atoms with E-state index in [0.717, 1.165) is 12.5 Å². The maximum Gasteiger partial charge on any atom is 0.419 e. The Morgan fingerprint density at radius 3 is 2.51 bits per heavy atom. The first kappa shape index (κ1) is 27.3. The van der Waals surface area contributed by atoms with E-state index in [0.29, 0.717) is 38.2 Å². The molecule has 3 heterocycles.